The van der Waals surface area contributed by atoms with Gasteiger partial charge in [-0.25, -0.2) is 0 Å². The highest BCUT2D eigenvalue weighted by molar-refractivity contribution is 5.79. The summed E-state index contributed by atoms with van der Waals surface area (Å²) in [6.07, 6.45) is 0. The lowest BCUT2D eigenvalue weighted by Crippen LogP contribution is -3.19. The zero-order valence-electron chi connectivity index (χ0n) is 15.2. The zero-order chi connectivity index (χ0) is 17.6. The van der Waals surface area contributed by atoms with Crippen molar-refractivity contribution in [1.82, 2.24) is 5.32 Å². The Morgan fingerprint density at radius 3 is 2.40 bits per heavy atom. The average Bonchev–Trinajstić information content (AvgIpc) is 2.67. The van der Waals surface area contributed by atoms with Gasteiger partial charge in [-0.3, -0.25) is 4.79 Å². The molecule has 3 rings (SSSR count). The van der Waals surface area contributed by atoms with Gasteiger partial charge in [-0.1, -0.05) is 48.5 Å². The van der Waals surface area contributed by atoms with Gasteiger partial charge in [-0.15, -0.1) is 0 Å². The van der Waals surface area contributed by atoms with Crippen LogP contribution in [0.15, 0.2) is 54.6 Å². The van der Waals surface area contributed by atoms with Crippen molar-refractivity contribution >= 4 is 11.6 Å². The van der Waals surface area contributed by atoms with E-state index in [1.165, 1.54) is 16.2 Å². The van der Waals surface area contributed by atoms with Gasteiger partial charge in [0.05, 0.1) is 26.2 Å². The third-order valence-electron chi connectivity index (χ3n) is 5.18. The Morgan fingerprint density at radius 1 is 1.08 bits per heavy atom. The van der Waals surface area contributed by atoms with Crippen molar-refractivity contribution in [3.8, 4) is 0 Å². The quantitative estimate of drug-likeness (QED) is 0.865. The molecule has 0 spiro atoms. The largest absolute Gasteiger partial charge is 0.360 e. The summed E-state index contributed by atoms with van der Waals surface area (Å²) in [6.45, 7) is 8.79. The number of carbonyl (C=O) groups is 1. The summed E-state index contributed by atoms with van der Waals surface area (Å²) >= 11 is 0. The Balaban J connectivity index is 1.50. The highest BCUT2D eigenvalue weighted by Crippen LogP contribution is 2.18. The number of nitrogens with one attached hydrogen (secondary N) is 2. The van der Waals surface area contributed by atoms with Crippen molar-refractivity contribution in [2.75, 3.05) is 31.1 Å². The number of anilines is 1. The van der Waals surface area contributed by atoms with Crippen LogP contribution < -0.4 is 15.1 Å². The number of benzene rings is 2. The highest BCUT2D eigenvalue weighted by Gasteiger charge is 2.29. The molecule has 1 atom stereocenters. The van der Waals surface area contributed by atoms with E-state index >= 15 is 0 Å². The zero-order valence-corrected chi connectivity index (χ0v) is 15.2. The summed E-state index contributed by atoms with van der Waals surface area (Å²) in [7, 11) is 0. The van der Waals surface area contributed by atoms with Crippen LogP contribution in [0, 0.1) is 6.92 Å². The van der Waals surface area contributed by atoms with E-state index in [4.69, 9.17) is 0 Å². The maximum atomic E-state index is 12.5. The van der Waals surface area contributed by atoms with Crippen LogP contribution >= 0.6 is 0 Å². The summed E-state index contributed by atoms with van der Waals surface area (Å²) < 4.78 is 0. The topological polar surface area (TPSA) is 36.8 Å². The molecule has 1 heterocycles. The summed E-state index contributed by atoms with van der Waals surface area (Å²) in [5, 5.41) is 3.07. The van der Waals surface area contributed by atoms with Gasteiger partial charge < -0.3 is 15.1 Å². The SMILES string of the molecule is Cc1ccccc1N1CC[NH+]([C@@H](C)C(=O)NCc2ccccc2)CC1. The van der Waals surface area contributed by atoms with Crippen LogP contribution in [-0.4, -0.2) is 38.1 Å². The number of aryl methyl sites for hydroxylation is 1. The second-order valence-corrected chi connectivity index (χ2v) is 6.86. The number of quaternary nitrogens is 1. The van der Waals surface area contributed by atoms with Gasteiger partial charge in [-0.05, 0) is 31.0 Å². The van der Waals surface area contributed by atoms with Crippen molar-refractivity contribution in [3.63, 3.8) is 0 Å². The number of nitrogens with zero attached hydrogens (tertiary/aromatic N) is 1. The number of piperazine rings is 1. The number of para-hydroxylation sites is 1. The fourth-order valence-corrected chi connectivity index (χ4v) is 3.51. The number of hydrogen-bond donors (Lipinski definition) is 2. The third kappa shape index (κ3) is 4.40. The second-order valence-electron chi connectivity index (χ2n) is 6.86. The molecule has 0 bridgehead atoms. The molecule has 2 aromatic rings. The van der Waals surface area contributed by atoms with Gasteiger partial charge in [0.2, 0.25) is 0 Å². The first-order valence-corrected chi connectivity index (χ1v) is 9.12. The van der Waals surface area contributed by atoms with Crippen LogP contribution in [0.1, 0.15) is 18.1 Å². The summed E-state index contributed by atoms with van der Waals surface area (Å²) in [5.74, 6) is 0.142. The van der Waals surface area contributed by atoms with E-state index in [9.17, 15) is 4.79 Å². The van der Waals surface area contributed by atoms with Crippen LogP contribution in [0.2, 0.25) is 0 Å². The molecule has 4 heteroatoms. The average molecular weight is 338 g/mol. The molecule has 1 amide bonds. The van der Waals surface area contributed by atoms with Gasteiger partial charge in [-0.2, -0.15) is 0 Å². The van der Waals surface area contributed by atoms with Gasteiger partial charge >= 0.3 is 0 Å². The van der Waals surface area contributed by atoms with Crippen LogP contribution in [-0.2, 0) is 11.3 Å². The molecule has 4 nitrogen and oxygen atoms in total. The number of carbonyl (C=O) groups excluding carboxylic acids is 1. The van der Waals surface area contributed by atoms with E-state index < -0.39 is 0 Å². The van der Waals surface area contributed by atoms with Gasteiger partial charge in [0.25, 0.3) is 5.91 Å². The molecule has 0 saturated carbocycles. The van der Waals surface area contributed by atoms with Crippen LogP contribution in [0.3, 0.4) is 0 Å². The first-order valence-electron chi connectivity index (χ1n) is 9.12. The lowest BCUT2D eigenvalue weighted by atomic mass is 10.1. The van der Waals surface area contributed by atoms with Crippen molar-refractivity contribution in [3.05, 3.63) is 65.7 Å². The van der Waals surface area contributed by atoms with E-state index in [0.29, 0.717) is 6.54 Å². The fourth-order valence-electron chi connectivity index (χ4n) is 3.51. The van der Waals surface area contributed by atoms with E-state index in [-0.39, 0.29) is 11.9 Å². The number of amides is 1. The van der Waals surface area contributed by atoms with Crippen molar-refractivity contribution < 1.29 is 9.69 Å². The highest BCUT2D eigenvalue weighted by atomic mass is 16.2. The molecule has 2 aromatic carbocycles. The van der Waals surface area contributed by atoms with Crippen LogP contribution in [0.25, 0.3) is 0 Å². The molecule has 0 aromatic heterocycles. The Morgan fingerprint density at radius 2 is 1.72 bits per heavy atom. The molecular weight excluding hydrogens is 310 g/mol. The smallest absolute Gasteiger partial charge is 0.278 e. The normalized spacial score (nSPS) is 16.5. The molecule has 2 N–H and O–H groups in total. The summed E-state index contributed by atoms with van der Waals surface area (Å²) in [6, 6.07) is 18.6. The van der Waals surface area contributed by atoms with Crippen molar-refractivity contribution in [1.29, 1.82) is 0 Å². The van der Waals surface area contributed by atoms with Gasteiger partial charge in [0.1, 0.15) is 0 Å². The molecule has 1 saturated heterocycles. The first-order chi connectivity index (χ1) is 12.1. The summed E-state index contributed by atoms with van der Waals surface area (Å²) in [4.78, 5) is 16.3. The molecule has 1 aliphatic rings. The lowest BCUT2D eigenvalue weighted by molar-refractivity contribution is -0.914. The molecule has 0 unspecified atom stereocenters. The molecule has 132 valence electrons. The number of rotatable bonds is 5. The molecular formula is C21H28N3O+. The Labute approximate surface area is 150 Å². The molecule has 0 aliphatic carbocycles. The Hall–Kier alpha value is -2.33. The minimum Gasteiger partial charge on any atom is -0.360 e. The van der Waals surface area contributed by atoms with Crippen LogP contribution in [0.4, 0.5) is 5.69 Å². The number of hydrogen-bond acceptors (Lipinski definition) is 2. The molecule has 1 fully saturated rings. The van der Waals surface area contributed by atoms with Gasteiger partial charge in [0.15, 0.2) is 6.04 Å². The van der Waals surface area contributed by atoms with Crippen molar-refractivity contribution in [2.24, 2.45) is 0 Å². The molecule has 25 heavy (non-hydrogen) atoms. The Bertz CT molecular complexity index is 693. The molecule has 1 aliphatic heterocycles. The third-order valence-corrected chi connectivity index (χ3v) is 5.18. The van der Waals surface area contributed by atoms with E-state index in [1.54, 1.807) is 0 Å². The van der Waals surface area contributed by atoms with Crippen molar-refractivity contribution in [2.45, 2.75) is 26.4 Å². The predicted molar refractivity (Wildman–Crippen MR) is 102 cm³/mol. The lowest BCUT2D eigenvalue weighted by Gasteiger charge is -2.36. The van der Waals surface area contributed by atoms with E-state index in [0.717, 1.165) is 31.7 Å². The maximum absolute atomic E-state index is 12.5. The van der Waals surface area contributed by atoms with E-state index in [2.05, 4.69) is 41.4 Å². The Kier molecular flexibility index (Phi) is 5.71. The second kappa shape index (κ2) is 8.17. The first kappa shape index (κ1) is 17.5. The van der Waals surface area contributed by atoms with E-state index in [1.807, 2.05) is 37.3 Å². The minimum absolute atomic E-state index is 0.0114. The summed E-state index contributed by atoms with van der Waals surface area (Å²) in [5.41, 5.74) is 3.78. The monoisotopic (exact) mass is 338 g/mol. The minimum atomic E-state index is -0.0114. The fraction of sp³-hybridized carbons (Fsp3) is 0.381. The maximum Gasteiger partial charge on any atom is 0.278 e. The standard InChI is InChI=1S/C21H27N3O/c1-17-8-6-7-11-20(17)24-14-12-23(13-15-24)18(2)21(25)22-16-19-9-4-3-5-10-19/h3-11,18H,12-16H2,1-2H3,(H,22,25)/p+1/t18-/m0/s1. The van der Waals surface area contributed by atoms with Gasteiger partial charge in [0, 0.05) is 12.2 Å². The van der Waals surface area contributed by atoms with Crippen LogP contribution in [0.5, 0.6) is 0 Å². The molecule has 0 radical (unpaired) electrons. The predicted octanol–water partition coefficient (Wildman–Crippen LogP) is 1.40.